The second-order valence-corrected chi connectivity index (χ2v) is 14.6. The van der Waals surface area contributed by atoms with Crippen LogP contribution < -0.4 is 0 Å². The molecule has 2 heteroatoms. The topological polar surface area (TPSA) is 25.8 Å². The fraction of sp³-hybridized carbons (Fsp3) is 0.0370. The molecule has 56 heavy (non-hydrogen) atoms. The Kier molecular flexibility index (Phi) is 8.30. The summed E-state index contributed by atoms with van der Waals surface area (Å²) in [5.74, 6) is 0. The smallest absolute Gasteiger partial charge is 0.0751 e. The van der Waals surface area contributed by atoms with Crippen molar-refractivity contribution in [3.8, 4) is 67.0 Å². The van der Waals surface area contributed by atoms with E-state index in [4.69, 9.17) is 4.98 Å². The average molecular weight is 715 g/mol. The van der Waals surface area contributed by atoms with Crippen LogP contribution in [0.25, 0.3) is 99.3 Å². The van der Waals surface area contributed by atoms with E-state index in [0.29, 0.717) is 0 Å². The number of pyridine rings is 2. The Balaban J connectivity index is 1.17. The zero-order valence-electron chi connectivity index (χ0n) is 31.4. The molecule has 0 spiro atoms. The molecule has 0 aliphatic heterocycles. The molecule has 0 bridgehead atoms. The number of rotatable bonds is 6. The molecule has 0 unspecified atom stereocenters. The molecule has 0 amide bonds. The largest absolute Gasteiger partial charge is 0.264 e. The summed E-state index contributed by atoms with van der Waals surface area (Å²) >= 11 is 0. The second-order valence-electron chi connectivity index (χ2n) is 14.6. The van der Waals surface area contributed by atoms with E-state index >= 15 is 0 Å². The van der Waals surface area contributed by atoms with E-state index in [9.17, 15) is 0 Å². The maximum Gasteiger partial charge on any atom is 0.0751 e. The van der Waals surface area contributed by atoms with Gasteiger partial charge in [0.25, 0.3) is 0 Å². The van der Waals surface area contributed by atoms with Crippen LogP contribution in [0.5, 0.6) is 0 Å². The Labute approximate surface area is 327 Å². The van der Waals surface area contributed by atoms with Crippen molar-refractivity contribution in [3.63, 3.8) is 0 Å². The molecule has 0 saturated heterocycles. The van der Waals surface area contributed by atoms with Gasteiger partial charge in [-0.2, -0.15) is 0 Å². The Morgan fingerprint density at radius 3 is 1.70 bits per heavy atom. The summed E-state index contributed by atoms with van der Waals surface area (Å²) < 4.78 is 0. The van der Waals surface area contributed by atoms with Crippen LogP contribution >= 0.6 is 0 Å². The summed E-state index contributed by atoms with van der Waals surface area (Å²) in [6.07, 6.45) is 3.88. The lowest BCUT2D eigenvalue weighted by molar-refractivity contribution is 1.23. The lowest BCUT2D eigenvalue weighted by Gasteiger charge is -2.21. The predicted molar refractivity (Wildman–Crippen MR) is 237 cm³/mol. The van der Waals surface area contributed by atoms with E-state index in [2.05, 4.69) is 201 Å². The Bertz CT molecular complexity index is 3060. The van der Waals surface area contributed by atoms with Crippen molar-refractivity contribution in [2.45, 2.75) is 13.8 Å². The quantitative estimate of drug-likeness (QED) is 0.160. The monoisotopic (exact) mass is 714 g/mol. The summed E-state index contributed by atoms with van der Waals surface area (Å²) in [6, 6.07) is 65.5. The number of fused-ring (bicyclic) bond motifs is 5. The summed E-state index contributed by atoms with van der Waals surface area (Å²) in [5, 5.41) is 7.32. The molecular weight excluding hydrogens is 677 g/mol. The van der Waals surface area contributed by atoms with Gasteiger partial charge in [0.05, 0.1) is 11.4 Å². The number of nitrogens with zero attached hydrogens (tertiary/aromatic N) is 2. The molecule has 0 aliphatic rings. The van der Waals surface area contributed by atoms with Gasteiger partial charge >= 0.3 is 0 Å². The first-order valence-corrected chi connectivity index (χ1v) is 19.2. The predicted octanol–water partition coefficient (Wildman–Crippen LogP) is 14.6. The van der Waals surface area contributed by atoms with E-state index in [1.165, 1.54) is 82.4 Å². The summed E-state index contributed by atoms with van der Waals surface area (Å²) in [5.41, 5.74) is 16.1. The van der Waals surface area contributed by atoms with Gasteiger partial charge < -0.3 is 0 Å². The van der Waals surface area contributed by atoms with Crippen molar-refractivity contribution in [1.29, 1.82) is 0 Å². The van der Waals surface area contributed by atoms with Crippen molar-refractivity contribution < 1.29 is 0 Å². The van der Waals surface area contributed by atoms with Gasteiger partial charge in [-0.1, -0.05) is 170 Å². The molecule has 2 nitrogen and oxygen atoms in total. The van der Waals surface area contributed by atoms with Gasteiger partial charge in [0.2, 0.25) is 0 Å². The normalized spacial score (nSPS) is 11.4. The molecule has 264 valence electrons. The molecule has 2 heterocycles. The van der Waals surface area contributed by atoms with Crippen molar-refractivity contribution >= 4 is 32.3 Å². The molecule has 0 atom stereocenters. The zero-order chi connectivity index (χ0) is 37.6. The molecule has 0 aliphatic carbocycles. The first-order chi connectivity index (χ1) is 27.6. The molecule has 0 radical (unpaired) electrons. The first-order valence-electron chi connectivity index (χ1n) is 19.2. The van der Waals surface area contributed by atoms with Gasteiger partial charge in [0.15, 0.2) is 0 Å². The van der Waals surface area contributed by atoms with Gasteiger partial charge in [-0.05, 0) is 109 Å². The average Bonchev–Trinajstić information content (AvgIpc) is 3.27. The van der Waals surface area contributed by atoms with Crippen molar-refractivity contribution in [2.24, 2.45) is 0 Å². The lowest BCUT2D eigenvalue weighted by atomic mass is 9.86. The van der Waals surface area contributed by atoms with Gasteiger partial charge in [0.1, 0.15) is 0 Å². The SMILES string of the molecule is Cc1c(-c2ccc(-c3ccccc3)cc2)nc(-c2ccccc2-c2ccccc2)c(C)c1-c1ccc(-c2cc3ccncc3c3ccc4ccccc4c23)cc1. The first kappa shape index (κ1) is 33.4. The second kappa shape index (κ2) is 13.9. The highest BCUT2D eigenvalue weighted by molar-refractivity contribution is 6.22. The third kappa shape index (κ3) is 5.75. The van der Waals surface area contributed by atoms with Gasteiger partial charge in [0, 0.05) is 28.9 Å². The molecule has 0 N–H and O–H groups in total. The van der Waals surface area contributed by atoms with Crippen molar-refractivity contribution in [2.75, 3.05) is 0 Å². The van der Waals surface area contributed by atoms with Crippen LogP contribution in [0.2, 0.25) is 0 Å². The van der Waals surface area contributed by atoms with E-state index in [-0.39, 0.29) is 0 Å². The Morgan fingerprint density at radius 2 is 0.929 bits per heavy atom. The highest BCUT2D eigenvalue weighted by Crippen LogP contribution is 2.43. The van der Waals surface area contributed by atoms with Gasteiger partial charge in [-0.3, -0.25) is 4.98 Å². The van der Waals surface area contributed by atoms with Crippen LogP contribution in [0, 0.1) is 13.8 Å². The standard InChI is InChI=1S/C54H38N2/c1-35-51(42-25-23-41(24-26-42)49-33-44-31-32-55-34-50(44)47-30-29-40-17-9-10-19-46(40)52(47)49)36(2)54(48-20-12-11-18-45(48)39-15-7-4-8-16-39)56-53(35)43-27-21-38(22-28-43)37-13-5-3-6-14-37/h3-34H,1-2H3. The molecule has 10 aromatic rings. The van der Waals surface area contributed by atoms with Gasteiger partial charge in [-0.25, -0.2) is 4.98 Å². The Morgan fingerprint density at radius 1 is 0.357 bits per heavy atom. The minimum atomic E-state index is 0.993. The molecule has 8 aromatic carbocycles. The molecule has 0 fully saturated rings. The van der Waals surface area contributed by atoms with E-state index in [1.54, 1.807) is 0 Å². The van der Waals surface area contributed by atoms with E-state index < -0.39 is 0 Å². The summed E-state index contributed by atoms with van der Waals surface area (Å²) in [6.45, 7) is 4.47. The minimum Gasteiger partial charge on any atom is -0.264 e. The van der Waals surface area contributed by atoms with Crippen molar-refractivity contribution in [1.82, 2.24) is 9.97 Å². The number of benzene rings is 8. The van der Waals surface area contributed by atoms with Gasteiger partial charge in [-0.15, -0.1) is 0 Å². The molecule has 10 rings (SSSR count). The maximum atomic E-state index is 5.54. The van der Waals surface area contributed by atoms with Crippen molar-refractivity contribution in [3.05, 3.63) is 206 Å². The zero-order valence-corrected chi connectivity index (χ0v) is 31.4. The van der Waals surface area contributed by atoms with Crippen LogP contribution in [0.3, 0.4) is 0 Å². The highest BCUT2D eigenvalue weighted by Gasteiger charge is 2.21. The molecule has 0 saturated carbocycles. The minimum absolute atomic E-state index is 0.993. The Hall–Kier alpha value is -7.16. The van der Waals surface area contributed by atoms with Crippen LogP contribution in [0.4, 0.5) is 0 Å². The van der Waals surface area contributed by atoms with Crippen LogP contribution in [0.15, 0.2) is 194 Å². The number of aromatic nitrogens is 2. The third-order valence-corrected chi connectivity index (χ3v) is 11.3. The molecular formula is C54H38N2. The highest BCUT2D eigenvalue weighted by atomic mass is 14.7. The fourth-order valence-electron chi connectivity index (χ4n) is 8.60. The molecule has 2 aromatic heterocycles. The summed E-state index contributed by atoms with van der Waals surface area (Å²) in [4.78, 5) is 10.0. The van der Waals surface area contributed by atoms with Crippen LogP contribution in [-0.2, 0) is 0 Å². The lowest BCUT2D eigenvalue weighted by Crippen LogP contribution is -2.01. The number of hydrogen-bond acceptors (Lipinski definition) is 2. The fourth-order valence-corrected chi connectivity index (χ4v) is 8.60. The number of hydrogen-bond donors (Lipinski definition) is 0. The summed E-state index contributed by atoms with van der Waals surface area (Å²) in [7, 11) is 0. The van der Waals surface area contributed by atoms with E-state index in [1.807, 2.05) is 12.4 Å². The maximum absolute atomic E-state index is 5.54. The van der Waals surface area contributed by atoms with E-state index in [0.717, 1.165) is 28.1 Å². The third-order valence-electron chi connectivity index (χ3n) is 11.3. The van der Waals surface area contributed by atoms with Crippen LogP contribution in [-0.4, -0.2) is 9.97 Å². The van der Waals surface area contributed by atoms with Crippen LogP contribution in [0.1, 0.15) is 11.1 Å².